The Morgan fingerprint density at radius 2 is 2.23 bits per heavy atom. The molecule has 1 N–H and O–H groups in total. The van der Waals surface area contributed by atoms with Gasteiger partial charge in [-0.15, -0.1) is 0 Å². The Labute approximate surface area is 75.2 Å². The van der Waals surface area contributed by atoms with Crippen molar-refractivity contribution in [2.24, 2.45) is 0 Å². The molecule has 0 aliphatic carbocycles. The Morgan fingerprint density at radius 3 is 2.77 bits per heavy atom. The highest BCUT2D eigenvalue weighted by molar-refractivity contribution is 5.71. The maximum absolute atomic E-state index is 11.5. The van der Waals surface area contributed by atoms with E-state index < -0.39 is 19.0 Å². The highest BCUT2D eigenvalue weighted by atomic mass is 19.3. The van der Waals surface area contributed by atoms with Crippen molar-refractivity contribution in [1.82, 2.24) is 5.32 Å². The summed E-state index contributed by atoms with van der Waals surface area (Å²) in [6, 6.07) is 0. The fraction of sp³-hybridized carbons (Fsp3) is 0.857. The van der Waals surface area contributed by atoms with Crippen LogP contribution in [-0.2, 0) is 14.3 Å². The standard InChI is InChI=1S/C7H13F2NO3/c1-12-7(11)4-10-2-3-13-5-6(8)9/h6,10H,2-5H2,1H3. The van der Waals surface area contributed by atoms with Gasteiger partial charge in [-0.3, -0.25) is 4.79 Å². The molecule has 0 atom stereocenters. The lowest BCUT2D eigenvalue weighted by atomic mass is 10.6. The second kappa shape index (κ2) is 7.88. The van der Waals surface area contributed by atoms with Crippen molar-refractivity contribution in [2.45, 2.75) is 6.43 Å². The van der Waals surface area contributed by atoms with Gasteiger partial charge in [0.1, 0.15) is 6.61 Å². The van der Waals surface area contributed by atoms with Gasteiger partial charge in [0.2, 0.25) is 0 Å². The Kier molecular flexibility index (Phi) is 7.42. The molecule has 0 radical (unpaired) electrons. The number of hydrogen-bond acceptors (Lipinski definition) is 4. The zero-order valence-electron chi connectivity index (χ0n) is 7.39. The number of nitrogens with one attached hydrogen (secondary N) is 1. The molecule has 0 aromatic heterocycles. The first kappa shape index (κ1) is 12.2. The molecule has 4 nitrogen and oxygen atoms in total. The summed E-state index contributed by atoms with van der Waals surface area (Å²) < 4.78 is 31.9. The van der Waals surface area contributed by atoms with Crippen LogP contribution in [0.25, 0.3) is 0 Å². The van der Waals surface area contributed by atoms with Crippen LogP contribution < -0.4 is 5.32 Å². The third kappa shape index (κ3) is 9.16. The Morgan fingerprint density at radius 1 is 1.54 bits per heavy atom. The van der Waals surface area contributed by atoms with Crippen molar-refractivity contribution < 1.29 is 23.0 Å². The van der Waals surface area contributed by atoms with E-state index in [1.54, 1.807) is 0 Å². The second-order valence-corrected chi connectivity index (χ2v) is 2.22. The van der Waals surface area contributed by atoms with E-state index >= 15 is 0 Å². The highest BCUT2D eigenvalue weighted by Crippen LogP contribution is 1.90. The van der Waals surface area contributed by atoms with Crippen molar-refractivity contribution in [1.29, 1.82) is 0 Å². The van der Waals surface area contributed by atoms with Gasteiger partial charge in [-0.2, -0.15) is 0 Å². The van der Waals surface area contributed by atoms with E-state index in [0.717, 1.165) is 0 Å². The normalized spacial score (nSPS) is 10.5. The molecule has 0 amide bonds. The molecule has 6 heteroatoms. The molecule has 0 heterocycles. The van der Waals surface area contributed by atoms with Crippen molar-refractivity contribution in [3.63, 3.8) is 0 Å². The number of halogens is 2. The average molecular weight is 197 g/mol. The maximum atomic E-state index is 11.5. The molecule has 0 saturated heterocycles. The molecule has 0 bridgehead atoms. The van der Waals surface area contributed by atoms with Gasteiger partial charge in [0.05, 0.1) is 20.3 Å². The van der Waals surface area contributed by atoms with Crippen LogP contribution in [0.2, 0.25) is 0 Å². The zero-order valence-corrected chi connectivity index (χ0v) is 7.39. The second-order valence-electron chi connectivity index (χ2n) is 2.22. The molecule has 0 aromatic rings. The van der Waals surface area contributed by atoms with Crippen molar-refractivity contribution in [3.8, 4) is 0 Å². The van der Waals surface area contributed by atoms with Crippen LogP contribution in [0.3, 0.4) is 0 Å². The van der Waals surface area contributed by atoms with E-state index in [1.165, 1.54) is 7.11 Å². The number of rotatable bonds is 7. The van der Waals surface area contributed by atoms with E-state index in [4.69, 9.17) is 0 Å². The summed E-state index contributed by atoms with van der Waals surface area (Å²) in [5.41, 5.74) is 0. The number of ether oxygens (including phenoxy) is 2. The minimum Gasteiger partial charge on any atom is -0.468 e. The first-order valence-corrected chi connectivity index (χ1v) is 3.80. The van der Waals surface area contributed by atoms with Gasteiger partial charge in [-0.1, -0.05) is 0 Å². The van der Waals surface area contributed by atoms with Crippen LogP contribution in [0.15, 0.2) is 0 Å². The van der Waals surface area contributed by atoms with E-state index in [1.807, 2.05) is 0 Å². The molecular formula is C7H13F2NO3. The van der Waals surface area contributed by atoms with Crippen LogP contribution in [0.5, 0.6) is 0 Å². The predicted molar refractivity (Wildman–Crippen MR) is 41.7 cm³/mol. The SMILES string of the molecule is COC(=O)CNCCOCC(F)F. The molecule has 0 aliphatic heterocycles. The van der Waals surface area contributed by atoms with Crippen LogP contribution >= 0.6 is 0 Å². The smallest absolute Gasteiger partial charge is 0.319 e. The van der Waals surface area contributed by atoms with Gasteiger partial charge < -0.3 is 14.8 Å². The molecule has 0 saturated carbocycles. The summed E-state index contributed by atoms with van der Waals surface area (Å²) in [5.74, 6) is -0.395. The maximum Gasteiger partial charge on any atom is 0.319 e. The van der Waals surface area contributed by atoms with Crippen LogP contribution in [0.4, 0.5) is 8.78 Å². The minimum atomic E-state index is -2.44. The molecular weight excluding hydrogens is 184 g/mol. The molecule has 0 fully saturated rings. The highest BCUT2D eigenvalue weighted by Gasteiger charge is 2.01. The molecule has 0 spiro atoms. The fourth-order valence-corrected chi connectivity index (χ4v) is 0.579. The van der Waals surface area contributed by atoms with Crippen molar-refractivity contribution in [3.05, 3.63) is 0 Å². The van der Waals surface area contributed by atoms with E-state index in [9.17, 15) is 13.6 Å². The summed E-state index contributed by atoms with van der Waals surface area (Å²) in [4.78, 5) is 10.5. The number of methoxy groups -OCH3 is 1. The summed E-state index contributed by atoms with van der Waals surface area (Å²) >= 11 is 0. The summed E-state index contributed by atoms with van der Waals surface area (Å²) in [7, 11) is 1.28. The molecule has 0 unspecified atom stereocenters. The van der Waals surface area contributed by atoms with Gasteiger partial charge in [0, 0.05) is 6.54 Å². The summed E-state index contributed by atoms with van der Waals surface area (Å²) in [6.45, 7) is -0.00238. The largest absolute Gasteiger partial charge is 0.468 e. The Hall–Kier alpha value is -0.750. The fourth-order valence-electron chi connectivity index (χ4n) is 0.579. The van der Waals surface area contributed by atoms with Gasteiger partial charge in [-0.25, -0.2) is 8.78 Å². The third-order valence-corrected chi connectivity index (χ3v) is 1.16. The Bertz CT molecular complexity index is 144. The predicted octanol–water partition coefficient (Wildman–Crippen LogP) is 0.0307. The van der Waals surface area contributed by atoms with Gasteiger partial charge in [0.15, 0.2) is 0 Å². The van der Waals surface area contributed by atoms with Gasteiger partial charge in [0.25, 0.3) is 6.43 Å². The summed E-state index contributed by atoms with van der Waals surface area (Å²) in [5, 5.41) is 2.67. The molecule has 0 aliphatic rings. The molecule has 13 heavy (non-hydrogen) atoms. The number of esters is 1. The van der Waals surface area contributed by atoms with E-state index in [0.29, 0.717) is 6.54 Å². The quantitative estimate of drug-likeness (QED) is 0.462. The molecule has 78 valence electrons. The van der Waals surface area contributed by atoms with Crippen LogP contribution in [-0.4, -0.2) is 45.8 Å². The van der Waals surface area contributed by atoms with Gasteiger partial charge in [-0.05, 0) is 0 Å². The first-order chi connectivity index (χ1) is 6.16. The lowest BCUT2D eigenvalue weighted by Crippen LogP contribution is -2.27. The molecule has 0 aromatic carbocycles. The van der Waals surface area contributed by atoms with Crippen molar-refractivity contribution >= 4 is 5.97 Å². The topological polar surface area (TPSA) is 47.6 Å². The van der Waals surface area contributed by atoms with Gasteiger partial charge >= 0.3 is 5.97 Å². The lowest BCUT2D eigenvalue weighted by Gasteiger charge is -2.04. The van der Waals surface area contributed by atoms with Crippen LogP contribution in [0, 0.1) is 0 Å². The number of carbonyl (C=O) groups is 1. The van der Waals surface area contributed by atoms with E-state index in [2.05, 4.69) is 14.8 Å². The monoisotopic (exact) mass is 197 g/mol. The van der Waals surface area contributed by atoms with Crippen molar-refractivity contribution in [2.75, 3.05) is 33.4 Å². The average Bonchev–Trinajstić information content (AvgIpc) is 2.10. The summed E-state index contributed by atoms with van der Waals surface area (Å²) in [6.07, 6.45) is -2.44. The Balaban J connectivity index is 3.04. The zero-order chi connectivity index (χ0) is 10.1. The lowest BCUT2D eigenvalue weighted by molar-refractivity contribution is -0.139. The van der Waals surface area contributed by atoms with Crippen LogP contribution in [0.1, 0.15) is 0 Å². The number of carbonyl (C=O) groups excluding carboxylic acids is 1. The molecule has 0 rings (SSSR count). The minimum absolute atomic E-state index is 0.0640. The first-order valence-electron chi connectivity index (χ1n) is 3.80. The third-order valence-electron chi connectivity index (χ3n) is 1.16. The number of hydrogen-bond donors (Lipinski definition) is 1. The van der Waals surface area contributed by atoms with E-state index in [-0.39, 0.29) is 13.2 Å². The number of alkyl halides is 2.